The number of carbonyl (C=O) groups is 2. The molecular formula is C36H24F6N4O9. The summed E-state index contributed by atoms with van der Waals surface area (Å²) in [6.45, 7) is 2.33. The fourth-order valence-electron chi connectivity index (χ4n) is 5.71. The van der Waals surface area contributed by atoms with Crippen LogP contribution in [0.25, 0.3) is 22.3 Å². The van der Waals surface area contributed by atoms with E-state index in [0.29, 0.717) is 24.3 Å². The van der Waals surface area contributed by atoms with Gasteiger partial charge in [-0.05, 0) is 49.2 Å². The number of alkyl halides is 6. The highest BCUT2D eigenvalue weighted by molar-refractivity contribution is 5.86. The number of rotatable bonds is 12. The Morgan fingerprint density at radius 2 is 1.04 bits per heavy atom. The number of nitro benzene ring substituents is 2. The molecule has 0 saturated heterocycles. The van der Waals surface area contributed by atoms with E-state index >= 15 is 0 Å². The second-order valence-electron chi connectivity index (χ2n) is 12.1. The maximum Gasteiger partial charge on any atom is 0.416 e. The molecule has 55 heavy (non-hydrogen) atoms. The lowest BCUT2D eigenvalue weighted by Crippen LogP contribution is -2.15. The van der Waals surface area contributed by atoms with Gasteiger partial charge in [-0.1, -0.05) is 26.0 Å². The van der Waals surface area contributed by atoms with Gasteiger partial charge >= 0.3 is 24.3 Å². The van der Waals surface area contributed by atoms with E-state index in [1.54, 1.807) is 12.1 Å². The first-order valence-corrected chi connectivity index (χ1v) is 15.6. The number of benzene rings is 4. The van der Waals surface area contributed by atoms with Crippen molar-refractivity contribution in [1.29, 1.82) is 10.5 Å². The zero-order chi connectivity index (χ0) is 41.2. The van der Waals surface area contributed by atoms with Crippen molar-refractivity contribution >= 4 is 23.3 Å². The Morgan fingerprint density at radius 1 is 0.691 bits per heavy atom. The van der Waals surface area contributed by atoms with Gasteiger partial charge in [-0.2, -0.15) is 36.9 Å². The lowest BCUT2D eigenvalue weighted by atomic mass is 9.87. The Labute approximate surface area is 305 Å². The van der Waals surface area contributed by atoms with Crippen LogP contribution in [-0.4, -0.2) is 32.0 Å². The van der Waals surface area contributed by atoms with Crippen molar-refractivity contribution in [2.75, 3.05) is 0 Å². The molecule has 0 heterocycles. The van der Waals surface area contributed by atoms with E-state index in [1.165, 1.54) is 13.8 Å². The molecule has 0 fully saturated rings. The summed E-state index contributed by atoms with van der Waals surface area (Å²) in [6, 6.07) is 10.3. The van der Waals surface area contributed by atoms with E-state index in [0.717, 1.165) is 36.4 Å². The molecule has 0 saturated carbocycles. The van der Waals surface area contributed by atoms with Crippen LogP contribution in [0.3, 0.4) is 0 Å². The number of carboxylic acids is 2. The lowest BCUT2D eigenvalue weighted by Gasteiger charge is -2.22. The number of nitrogens with zero attached hydrogens (tertiary/aromatic N) is 4. The normalized spacial score (nSPS) is 12.5. The Balaban J connectivity index is 2.20. The molecular weight excluding hydrogens is 746 g/mol. The van der Waals surface area contributed by atoms with Gasteiger partial charge in [0, 0.05) is 45.5 Å². The number of carboxylic acid groups (broad SMARTS) is 2. The second kappa shape index (κ2) is 15.5. The molecule has 0 spiro atoms. The molecule has 2 atom stereocenters. The maximum absolute atomic E-state index is 13.7. The topological polar surface area (TPSA) is 218 Å². The van der Waals surface area contributed by atoms with E-state index < -0.39 is 137 Å². The summed E-state index contributed by atoms with van der Waals surface area (Å²) in [5.41, 5.74) is -8.03. The van der Waals surface area contributed by atoms with Crippen molar-refractivity contribution in [2.24, 2.45) is 11.8 Å². The molecule has 13 nitrogen and oxygen atoms in total. The van der Waals surface area contributed by atoms with E-state index in [2.05, 4.69) is 0 Å². The molecule has 284 valence electrons. The number of halogens is 6. The molecule has 2 unspecified atom stereocenters. The van der Waals surface area contributed by atoms with Crippen LogP contribution in [0, 0.1) is 54.7 Å². The van der Waals surface area contributed by atoms with Gasteiger partial charge < -0.3 is 14.9 Å². The van der Waals surface area contributed by atoms with Crippen molar-refractivity contribution in [1.82, 2.24) is 0 Å². The first kappa shape index (κ1) is 40.7. The summed E-state index contributed by atoms with van der Waals surface area (Å²) >= 11 is 0. The Hall–Kier alpha value is -7.02. The number of nitriles is 2. The minimum absolute atomic E-state index is 0.405. The van der Waals surface area contributed by atoms with Gasteiger partial charge in [0.2, 0.25) is 0 Å². The third-order valence-electron chi connectivity index (χ3n) is 8.45. The molecule has 4 rings (SSSR count). The number of aliphatic carboxylic acids is 2. The molecule has 0 aliphatic rings. The van der Waals surface area contributed by atoms with Gasteiger partial charge in [0.05, 0.1) is 56.1 Å². The SMILES string of the molecule is CC(Cc1c([N+](=O)[O-])ccc(Oc2ccc([N+](=O)[O-])c(CC(C)C(=O)O)c2-c2ccc(C(F)(F)F)cc2C#N)c1-c1ccc(C(F)(F)F)cc1C#N)C(=O)O. The Morgan fingerprint density at radius 3 is 1.31 bits per heavy atom. The number of ether oxygens (including phenoxy) is 1. The third kappa shape index (κ3) is 8.62. The predicted molar refractivity (Wildman–Crippen MR) is 178 cm³/mol. The minimum atomic E-state index is -4.95. The first-order valence-electron chi connectivity index (χ1n) is 15.6. The Kier molecular flexibility index (Phi) is 11.5. The summed E-state index contributed by atoms with van der Waals surface area (Å²) in [5.74, 6) is -6.66. The summed E-state index contributed by atoms with van der Waals surface area (Å²) in [5, 5.41) is 63.8. The summed E-state index contributed by atoms with van der Waals surface area (Å²) in [7, 11) is 0. The molecule has 0 bridgehead atoms. The summed E-state index contributed by atoms with van der Waals surface area (Å²) in [6.07, 6.45) is -11.2. The fraction of sp³-hybridized carbons (Fsp3) is 0.222. The standard InChI is InChI=1S/C36H24F6N4O9/c1-17(33(47)48)11-25-27(45(51)52)7-9-29(31(25)23-5-3-21(35(37,38)39)13-19(23)15-43)55-30-10-8-28(46(53)54)26(12-18(2)34(49)50)32(30)24-6-4-22(36(40,41)42)14-20(24)16-44/h3-10,13-14,17-18H,11-12H2,1-2H3,(H,47,48)(H,49,50). The molecule has 19 heteroatoms. The maximum atomic E-state index is 13.7. The van der Waals surface area contributed by atoms with Crippen LogP contribution in [0.4, 0.5) is 37.7 Å². The average Bonchev–Trinajstić information content (AvgIpc) is 3.10. The van der Waals surface area contributed by atoms with Crippen molar-refractivity contribution in [3.8, 4) is 45.9 Å². The van der Waals surface area contributed by atoms with Crippen LogP contribution in [0.2, 0.25) is 0 Å². The van der Waals surface area contributed by atoms with Gasteiger partial charge in [-0.15, -0.1) is 0 Å². The van der Waals surface area contributed by atoms with Gasteiger partial charge in [0.1, 0.15) is 11.5 Å². The van der Waals surface area contributed by atoms with Crippen LogP contribution in [-0.2, 0) is 34.8 Å². The van der Waals surface area contributed by atoms with Gasteiger partial charge in [-0.25, -0.2) is 0 Å². The number of hydrogen-bond donors (Lipinski definition) is 2. The van der Waals surface area contributed by atoms with E-state index in [9.17, 15) is 76.9 Å². The van der Waals surface area contributed by atoms with Crippen LogP contribution < -0.4 is 4.74 Å². The number of hydrogen-bond acceptors (Lipinski definition) is 9. The highest BCUT2D eigenvalue weighted by Crippen LogP contribution is 2.48. The van der Waals surface area contributed by atoms with Gasteiger partial charge in [0.25, 0.3) is 11.4 Å². The minimum Gasteiger partial charge on any atom is -0.481 e. The van der Waals surface area contributed by atoms with Crippen LogP contribution in [0.5, 0.6) is 11.5 Å². The van der Waals surface area contributed by atoms with Gasteiger partial charge in [0.15, 0.2) is 0 Å². The molecule has 0 amide bonds. The predicted octanol–water partition coefficient (Wildman–Crippen LogP) is 8.94. The molecule has 2 N–H and O–H groups in total. The van der Waals surface area contributed by atoms with Crippen LogP contribution in [0.15, 0.2) is 60.7 Å². The van der Waals surface area contributed by atoms with E-state index in [4.69, 9.17) is 4.74 Å². The third-order valence-corrected chi connectivity index (χ3v) is 8.45. The van der Waals surface area contributed by atoms with Crippen molar-refractivity contribution in [3.05, 3.63) is 114 Å². The van der Waals surface area contributed by atoms with E-state index in [1.807, 2.05) is 0 Å². The fourth-order valence-corrected chi connectivity index (χ4v) is 5.71. The van der Waals surface area contributed by atoms with E-state index in [-0.39, 0.29) is 0 Å². The van der Waals surface area contributed by atoms with Crippen molar-refractivity contribution in [3.63, 3.8) is 0 Å². The quantitative estimate of drug-likeness (QED) is 0.0787. The van der Waals surface area contributed by atoms with Crippen molar-refractivity contribution < 1.29 is 60.7 Å². The molecule has 4 aromatic rings. The highest BCUT2D eigenvalue weighted by Gasteiger charge is 2.35. The second-order valence-corrected chi connectivity index (χ2v) is 12.1. The van der Waals surface area contributed by atoms with Crippen LogP contribution >= 0.6 is 0 Å². The smallest absolute Gasteiger partial charge is 0.416 e. The Bertz CT molecular complexity index is 2170. The molecule has 0 aromatic heterocycles. The summed E-state index contributed by atoms with van der Waals surface area (Å²) < 4.78 is 88.3. The zero-order valence-corrected chi connectivity index (χ0v) is 28.2. The van der Waals surface area contributed by atoms with Crippen molar-refractivity contribution in [2.45, 2.75) is 39.0 Å². The average molecular weight is 771 g/mol. The van der Waals surface area contributed by atoms with Crippen LogP contribution in [0.1, 0.15) is 47.2 Å². The first-order chi connectivity index (χ1) is 25.6. The van der Waals surface area contributed by atoms with Gasteiger partial charge in [-0.3, -0.25) is 29.8 Å². The molecule has 0 radical (unpaired) electrons. The number of nitro groups is 2. The summed E-state index contributed by atoms with van der Waals surface area (Å²) in [4.78, 5) is 46.5. The highest BCUT2D eigenvalue weighted by atomic mass is 19.4. The monoisotopic (exact) mass is 770 g/mol. The zero-order valence-electron chi connectivity index (χ0n) is 28.2. The largest absolute Gasteiger partial charge is 0.481 e. The molecule has 4 aromatic carbocycles. The lowest BCUT2D eigenvalue weighted by molar-refractivity contribution is -0.385. The molecule has 0 aliphatic carbocycles. The molecule has 0 aliphatic heterocycles.